The minimum Gasteiger partial charge on any atom is -0.378 e. The Morgan fingerprint density at radius 1 is 1.22 bits per heavy atom. The molecule has 1 saturated carbocycles. The lowest BCUT2D eigenvalue weighted by molar-refractivity contribution is 0.306. The quantitative estimate of drug-likeness (QED) is 0.680. The summed E-state index contributed by atoms with van der Waals surface area (Å²) in [6.07, 6.45) is 10.5. The summed E-state index contributed by atoms with van der Waals surface area (Å²) < 4.78 is 0.175. The van der Waals surface area contributed by atoms with Crippen molar-refractivity contribution in [2.45, 2.75) is 55.7 Å². The van der Waals surface area contributed by atoms with Gasteiger partial charge in [-0.2, -0.15) is 5.26 Å². The van der Waals surface area contributed by atoms with E-state index in [0.717, 1.165) is 21.7 Å². The van der Waals surface area contributed by atoms with Crippen molar-refractivity contribution in [2.24, 2.45) is 10.7 Å². The topological polar surface area (TPSA) is 75.1 Å². The van der Waals surface area contributed by atoms with Crippen molar-refractivity contribution in [3.63, 3.8) is 0 Å². The average molecular weight is 417 g/mol. The molecule has 2 aromatic rings. The van der Waals surface area contributed by atoms with Crippen LogP contribution in [0.3, 0.4) is 0 Å². The number of nitrogens with zero attached hydrogens (tertiary/aromatic N) is 3. The molecule has 1 aliphatic heterocycles. The molecule has 0 radical (unpaired) electrons. The molecule has 1 fully saturated rings. The minimum absolute atomic E-state index is 0.175. The maximum absolute atomic E-state index is 9.14. The number of nitriles is 1. The van der Waals surface area contributed by atoms with Crippen LogP contribution in [0.2, 0.25) is 5.02 Å². The summed E-state index contributed by atoms with van der Waals surface area (Å²) in [6, 6.07) is 5.95. The number of aromatic nitrogens is 1. The first-order valence-electron chi connectivity index (χ1n) is 9.13. The summed E-state index contributed by atoms with van der Waals surface area (Å²) in [4.78, 5) is 11.1. The molecule has 2 N–H and O–H groups in total. The summed E-state index contributed by atoms with van der Waals surface area (Å²) in [6.45, 7) is 2.15. The zero-order valence-corrected chi connectivity index (χ0v) is 17.6. The average Bonchev–Trinajstić information content (AvgIpc) is 3.04. The first kappa shape index (κ1) is 18.8. The van der Waals surface area contributed by atoms with Gasteiger partial charge in [-0.05, 0) is 38.3 Å². The van der Waals surface area contributed by atoms with Crippen LogP contribution in [0, 0.1) is 11.3 Å². The molecule has 140 valence electrons. The fraction of sp³-hybridized carbons (Fsp3) is 0.450. The van der Waals surface area contributed by atoms with Gasteiger partial charge < -0.3 is 5.73 Å². The predicted molar refractivity (Wildman–Crippen MR) is 114 cm³/mol. The molecular weight excluding hydrogens is 396 g/mol. The third-order valence-electron chi connectivity index (χ3n) is 5.44. The maximum Gasteiger partial charge on any atom is 0.155 e. The largest absolute Gasteiger partial charge is 0.378 e. The zero-order valence-electron chi connectivity index (χ0n) is 15.2. The van der Waals surface area contributed by atoms with Gasteiger partial charge in [-0.25, -0.2) is 0 Å². The summed E-state index contributed by atoms with van der Waals surface area (Å²) >= 11 is 10.1. The first-order valence-corrected chi connectivity index (χ1v) is 11.1. The zero-order chi connectivity index (χ0) is 19.1. The van der Waals surface area contributed by atoms with E-state index in [9.17, 15) is 0 Å². The molecule has 3 heterocycles. The molecule has 0 bridgehead atoms. The molecule has 0 aromatic carbocycles. The summed E-state index contributed by atoms with van der Waals surface area (Å²) in [5.74, 6) is 0. The molecule has 4 nitrogen and oxygen atoms in total. The number of amidine groups is 1. The van der Waals surface area contributed by atoms with E-state index in [0.29, 0.717) is 15.8 Å². The van der Waals surface area contributed by atoms with Crippen LogP contribution in [-0.2, 0) is 5.54 Å². The Bertz CT molecular complexity index is 940. The number of hydrogen-bond donors (Lipinski definition) is 1. The van der Waals surface area contributed by atoms with Gasteiger partial charge in [-0.15, -0.1) is 11.3 Å². The molecule has 0 saturated heterocycles. The normalized spacial score (nSPS) is 24.4. The van der Waals surface area contributed by atoms with Crippen LogP contribution in [0.25, 0.3) is 10.4 Å². The first-order chi connectivity index (χ1) is 12.9. The molecule has 1 aliphatic carbocycles. The van der Waals surface area contributed by atoms with E-state index in [2.05, 4.69) is 18.0 Å². The summed E-state index contributed by atoms with van der Waals surface area (Å²) in [7, 11) is 0. The maximum atomic E-state index is 9.14. The van der Waals surface area contributed by atoms with Gasteiger partial charge >= 0.3 is 0 Å². The van der Waals surface area contributed by atoms with E-state index >= 15 is 0 Å². The Labute approximate surface area is 172 Å². The van der Waals surface area contributed by atoms with Crippen molar-refractivity contribution in [1.29, 1.82) is 5.26 Å². The van der Waals surface area contributed by atoms with Gasteiger partial charge in [-0.1, -0.05) is 42.6 Å². The second-order valence-corrected chi connectivity index (χ2v) is 10.6. The number of hydrogen-bond acceptors (Lipinski definition) is 6. The van der Waals surface area contributed by atoms with E-state index in [1.807, 2.05) is 12.1 Å². The van der Waals surface area contributed by atoms with Crippen molar-refractivity contribution in [3.8, 4) is 16.5 Å². The Balaban J connectivity index is 1.73. The van der Waals surface area contributed by atoms with Gasteiger partial charge in [0.1, 0.15) is 6.07 Å². The SMILES string of the molecule is CC1(c2sc(-c3cncc(C#N)c3)cc2Cl)CC2(CCCCC2)SC(N)=N1. The van der Waals surface area contributed by atoms with Gasteiger partial charge in [0.2, 0.25) is 0 Å². The standard InChI is InChI=1S/C20H21ClN4S2/c1-19(12-20(27-18(23)25-19)5-3-2-4-6-20)17-15(21)8-16(26-17)14-7-13(9-22)10-24-11-14/h7-8,10-11H,2-6,12H2,1H3,(H2,23,25). The highest BCUT2D eigenvalue weighted by molar-refractivity contribution is 8.15. The highest BCUT2D eigenvalue weighted by Gasteiger charge is 2.46. The Morgan fingerprint density at radius 3 is 2.74 bits per heavy atom. The van der Waals surface area contributed by atoms with E-state index in [1.54, 1.807) is 35.5 Å². The van der Waals surface area contributed by atoms with Gasteiger partial charge in [0, 0.05) is 27.6 Å². The van der Waals surface area contributed by atoms with Crippen LogP contribution in [0.1, 0.15) is 55.9 Å². The molecule has 1 spiro atoms. The van der Waals surface area contributed by atoms with Gasteiger partial charge in [0.05, 0.1) is 21.0 Å². The van der Waals surface area contributed by atoms with Crippen molar-refractivity contribution < 1.29 is 0 Å². The Kier molecular flexibility index (Phi) is 4.96. The number of thioether (sulfide) groups is 1. The number of halogens is 1. The Morgan fingerprint density at radius 2 is 2.00 bits per heavy atom. The molecule has 4 rings (SSSR count). The fourth-order valence-electron chi connectivity index (χ4n) is 4.31. The lowest BCUT2D eigenvalue weighted by Crippen LogP contribution is -2.42. The second-order valence-electron chi connectivity index (χ2n) is 7.61. The molecule has 27 heavy (non-hydrogen) atoms. The van der Waals surface area contributed by atoms with Gasteiger partial charge in [0.15, 0.2) is 5.17 Å². The molecule has 1 unspecified atom stereocenters. The lowest BCUT2D eigenvalue weighted by Gasteiger charge is -2.45. The highest BCUT2D eigenvalue weighted by Crippen LogP contribution is 2.54. The smallest absolute Gasteiger partial charge is 0.155 e. The second kappa shape index (κ2) is 7.12. The Hall–Kier alpha value is -1.55. The third kappa shape index (κ3) is 3.61. The van der Waals surface area contributed by atoms with Crippen molar-refractivity contribution in [2.75, 3.05) is 0 Å². The minimum atomic E-state index is -0.410. The molecular formula is C20H21ClN4S2. The fourth-order valence-corrected chi connectivity index (χ4v) is 7.46. The number of rotatable bonds is 2. The number of thiophene rings is 1. The lowest BCUT2D eigenvalue weighted by atomic mass is 9.78. The van der Waals surface area contributed by atoms with E-state index in [4.69, 9.17) is 27.6 Å². The van der Waals surface area contributed by atoms with Crippen LogP contribution in [-0.4, -0.2) is 14.9 Å². The predicted octanol–water partition coefficient (Wildman–Crippen LogP) is 5.70. The molecule has 7 heteroatoms. The molecule has 1 atom stereocenters. The van der Waals surface area contributed by atoms with Crippen LogP contribution >= 0.6 is 34.7 Å². The van der Waals surface area contributed by atoms with Crippen LogP contribution in [0.15, 0.2) is 29.5 Å². The monoisotopic (exact) mass is 416 g/mol. The highest BCUT2D eigenvalue weighted by atomic mass is 35.5. The number of aliphatic imine (C=N–C) groups is 1. The van der Waals surface area contributed by atoms with E-state index < -0.39 is 5.54 Å². The number of nitrogens with two attached hydrogens (primary N) is 1. The van der Waals surface area contributed by atoms with Crippen LogP contribution in [0.5, 0.6) is 0 Å². The van der Waals surface area contributed by atoms with Gasteiger partial charge in [0.25, 0.3) is 0 Å². The number of pyridine rings is 1. The van der Waals surface area contributed by atoms with E-state index in [1.165, 1.54) is 32.1 Å². The molecule has 0 amide bonds. The van der Waals surface area contributed by atoms with E-state index in [-0.39, 0.29) is 4.75 Å². The molecule has 2 aliphatic rings. The van der Waals surface area contributed by atoms with Crippen molar-refractivity contribution in [3.05, 3.63) is 40.0 Å². The summed E-state index contributed by atoms with van der Waals surface area (Å²) in [5.41, 5.74) is 7.33. The van der Waals surface area contributed by atoms with Gasteiger partial charge in [-0.3, -0.25) is 9.98 Å². The third-order valence-corrected chi connectivity index (χ3v) is 8.57. The van der Waals surface area contributed by atoms with Crippen LogP contribution in [0.4, 0.5) is 0 Å². The van der Waals surface area contributed by atoms with Crippen molar-refractivity contribution in [1.82, 2.24) is 4.98 Å². The summed E-state index contributed by atoms with van der Waals surface area (Å²) in [5, 5.41) is 10.5. The molecule has 2 aromatic heterocycles. The van der Waals surface area contributed by atoms with Crippen molar-refractivity contribution >= 4 is 39.9 Å². The van der Waals surface area contributed by atoms with Crippen LogP contribution < -0.4 is 5.73 Å².